The molecule has 1 aromatic carbocycles. The first-order chi connectivity index (χ1) is 9.85. The van der Waals surface area contributed by atoms with Crippen LogP contribution in [0.25, 0.3) is 0 Å². The number of nitrogens with zero attached hydrogens (tertiary/aromatic N) is 1. The Bertz CT molecular complexity index is 359. The molecule has 1 aromatic rings. The maximum Gasteiger partial charge on any atom is 0.0472 e. The van der Waals surface area contributed by atoms with Crippen LogP contribution < -0.4 is 5.32 Å². The molecule has 3 heteroatoms. The summed E-state index contributed by atoms with van der Waals surface area (Å²) in [6.07, 6.45) is 2.65. The summed E-state index contributed by atoms with van der Waals surface area (Å²) in [7, 11) is 0. The molecule has 0 radical (unpaired) electrons. The Balaban J connectivity index is 1.98. The Morgan fingerprint density at radius 2 is 1.80 bits per heavy atom. The van der Waals surface area contributed by atoms with Gasteiger partial charge in [0, 0.05) is 18.6 Å². The molecule has 0 saturated carbocycles. The van der Waals surface area contributed by atoms with Crippen LogP contribution in [0.5, 0.6) is 0 Å². The van der Waals surface area contributed by atoms with E-state index in [4.69, 9.17) is 0 Å². The van der Waals surface area contributed by atoms with Crippen LogP contribution in [0, 0.1) is 0 Å². The van der Waals surface area contributed by atoms with Gasteiger partial charge in [-0.2, -0.15) is 11.8 Å². The highest BCUT2D eigenvalue weighted by Gasteiger charge is 2.20. The van der Waals surface area contributed by atoms with E-state index in [0.29, 0.717) is 6.04 Å². The van der Waals surface area contributed by atoms with Gasteiger partial charge < -0.3 is 5.32 Å². The Kier molecular flexibility index (Phi) is 6.91. The van der Waals surface area contributed by atoms with Crippen LogP contribution in [0.15, 0.2) is 30.3 Å². The highest BCUT2D eigenvalue weighted by molar-refractivity contribution is 7.99. The van der Waals surface area contributed by atoms with Crippen LogP contribution in [0.3, 0.4) is 0 Å². The van der Waals surface area contributed by atoms with Gasteiger partial charge in [-0.15, -0.1) is 0 Å². The summed E-state index contributed by atoms with van der Waals surface area (Å²) in [6, 6.07) is 12.2. The zero-order valence-electron chi connectivity index (χ0n) is 12.8. The fourth-order valence-corrected chi connectivity index (χ4v) is 4.08. The molecule has 1 atom stereocenters. The number of benzene rings is 1. The molecular weight excluding hydrogens is 264 g/mol. The largest absolute Gasteiger partial charge is 0.312 e. The molecule has 2 nitrogen and oxygen atoms in total. The summed E-state index contributed by atoms with van der Waals surface area (Å²) < 4.78 is 0. The van der Waals surface area contributed by atoms with Crippen molar-refractivity contribution in [1.82, 2.24) is 10.2 Å². The molecule has 1 unspecified atom stereocenters. The minimum absolute atomic E-state index is 0.501. The second-order valence-electron chi connectivity index (χ2n) is 5.44. The quantitative estimate of drug-likeness (QED) is 0.827. The van der Waals surface area contributed by atoms with Gasteiger partial charge in [0.05, 0.1) is 0 Å². The number of hydrogen-bond donors (Lipinski definition) is 1. The molecule has 1 aliphatic heterocycles. The zero-order chi connectivity index (χ0) is 14.2. The van der Waals surface area contributed by atoms with Gasteiger partial charge in [0.15, 0.2) is 0 Å². The maximum absolute atomic E-state index is 3.81. The summed E-state index contributed by atoms with van der Waals surface area (Å²) in [5.41, 5.74) is 1.44. The molecule has 0 bridgehead atoms. The smallest absolute Gasteiger partial charge is 0.0472 e. The van der Waals surface area contributed by atoms with Crippen molar-refractivity contribution in [3.8, 4) is 0 Å². The van der Waals surface area contributed by atoms with Crippen LogP contribution in [0.2, 0.25) is 0 Å². The second kappa shape index (κ2) is 8.71. The molecule has 0 aliphatic carbocycles. The van der Waals surface area contributed by atoms with Crippen molar-refractivity contribution in [2.45, 2.75) is 38.8 Å². The summed E-state index contributed by atoms with van der Waals surface area (Å²) >= 11 is 2.09. The molecular formula is C17H28N2S. The van der Waals surface area contributed by atoms with E-state index in [2.05, 4.69) is 66.2 Å². The van der Waals surface area contributed by atoms with Crippen molar-refractivity contribution in [1.29, 1.82) is 0 Å². The van der Waals surface area contributed by atoms with Gasteiger partial charge in [-0.25, -0.2) is 0 Å². The molecule has 0 aromatic heterocycles. The monoisotopic (exact) mass is 292 g/mol. The van der Waals surface area contributed by atoms with Crippen LogP contribution in [-0.4, -0.2) is 42.1 Å². The molecule has 0 amide bonds. The Morgan fingerprint density at radius 3 is 2.40 bits per heavy atom. The summed E-state index contributed by atoms with van der Waals surface area (Å²) in [5, 5.41) is 3.81. The van der Waals surface area contributed by atoms with Crippen LogP contribution in [0.1, 0.15) is 38.3 Å². The first-order valence-electron chi connectivity index (χ1n) is 7.95. The highest BCUT2D eigenvalue weighted by atomic mass is 32.2. The van der Waals surface area contributed by atoms with E-state index < -0.39 is 0 Å². The standard InChI is InChI=1S/C17H28N2S/c1-3-19(4-2)17(15-8-6-5-7-9-15)14-18-16-10-12-20-13-11-16/h5-9,16-18H,3-4,10-14H2,1-2H3. The fraction of sp³-hybridized carbons (Fsp3) is 0.647. The Morgan fingerprint density at radius 1 is 1.15 bits per heavy atom. The van der Waals surface area contributed by atoms with Gasteiger partial charge >= 0.3 is 0 Å². The van der Waals surface area contributed by atoms with Crippen molar-refractivity contribution in [3.63, 3.8) is 0 Å². The van der Waals surface area contributed by atoms with Crippen LogP contribution >= 0.6 is 11.8 Å². The van der Waals surface area contributed by atoms with E-state index in [1.165, 1.54) is 29.9 Å². The molecule has 1 N–H and O–H groups in total. The average Bonchev–Trinajstić information content (AvgIpc) is 2.53. The lowest BCUT2D eigenvalue weighted by molar-refractivity contribution is 0.207. The van der Waals surface area contributed by atoms with E-state index >= 15 is 0 Å². The number of rotatable bonds is 7. The lowest BCUT2D eigenvalue weighted by Crippen LogP contribution is -2.41. The maximum atomic E-state index is 3.81. The van der Waals surface area contributed by atoms with Crippen molar-refractivity contribution >= 4 is 11.8 Å². The minimum Gasteiger partial charge on any atom is -0.312 e. The fourth-order valence-electron chi connectivity index (χ4n) is 2.98. The third kappa shape index (κ3) is 4.51. The van der Waals surface area contributed by atoms with Gasteiger partial charge in [0.25, 0.3) is 0 Å². The topological polar surface area (TPSA) is 15.3 Å². The lowest BCUT2D eigenvalue weighted by atomic mass is 10.0. The van der Waals surface area contributed by atoms with E-state index in [-0.39, 0.29) is 0 Å². The van der Waals surface area contributed by atoms with E-state index in [0.717, 1.165) is 25.7 Å². The molecule has 112 valence electrons. The first-order valence-corrected chi connectivity index (χ1v) is 9.10. The van der Waals surface area contributed by atoms with Gasteiger partial charge in [-0.05, 0) is 43.0 Å². The van der Waals surface area contributed by atoms with Crippen molar-refractivity contribution in [3.05, 3.63) is 35.9 Å². The van der Waals surface area contributed by atoms with Crippen molar-refractivity contribution in [2.24, 2.45) is 0 Å². The number of hydrogen-bond acceptors (Lipinski definition) is 3. The van der Waals surface area contributed by atoms with Gasteiger partial charge in [-0.3, -0.25) is 4.90 Å². The van der Waals surface area contributed by atoms with E-state index in [1.54, 1.807) is 0 Å². The minimum atomic E-state index is 0.501. The predicted octanol–water partition coefficient (Wildman–Crippen LogP) is 3.55. The van der Waals surface area contributed by atoms with Crippen molar-refractivity contribution < 1.29 is 0 Å². The molecule has 20 heavy (non-hydrogen) atoms. The number of thioether (sulfide) groups is 1. The van der Waals surface area contributed by atoms with Gasteiger partial charge in [0.1, 0.15) is 0 Å². The Hall–Kier alpha value is -0.510. The first kappa shape index (κ1) is 15.9. The molecule has 1 saturated heterocycles. The zero-order valence-corrected chi connectivity index (χ0v) is 13.7. The predicted molar refractivity (Wildman–Crippen MR) is 90.5 cm³/mol. The number of likely N-dealkylation sites (N-methyl/N-ethyl adjacent to an activating group) is 1. The SMILES string of the molecule is CCN(CC)C(CNC1CCSCC1)c1ccccc1. The van der Waals surface area contributed by atoms with E-state index in [9.17, 15) is 0 Å². The number of nitrogens with one attached hydrogen (secondary N) is 1. The van der Waals surface area contributed by atoms with Crippen LogP contribution in [0.4, 0.5) is 0 Å². The van der Waals surface area contributed by atoms with Crippen LogP contribution in [-0.2, 0) is 0 Å². The van der Waals surface area contributed by atoms with E-state index in [1.807, 2.05) is 0 Å². The normalized spacial score (nSPS) is 18.4. The summed E-state index contributed by atoms with van der Waals surface area (Å²) in [5.74, 6) is 2.64. The van der Waals surface area contributed by atoms with Gasteiger partial charge in [0.2, 0.25) is 0 Å². The third-order valence-electron chi connectivity index (χ3n) is 4.26. The molecule has 1 heterocycles. The lowest BCUT2D eigenvalue weighted by Gasteiger charge is -2.32. The molecule has 0 spiro atoms. The summed E-state index contributed by atoms with van der Waals surface area (Å²) in [6.45, 7) is 7.81. The third-order valence-corrected chi connectivity index (χ3v) is 5.31. The Labute approximate surface area is 128 Å². The summed E-state index contributed by atoms with van der Waals surface area (Å²) in [4.78, 5) is 2.56. The highest BCUT2D eigenvalue weighted by Crippen LogP contribution is 2.22. The molecule has 1 fully saturated rings. The molecule has 1 aliphatic rings. The van der Waals surface area contributed by atoms with Gasteiger partial charge in [-0.1, -0.05) is 44.2 Å². The molecule has 2 rings (SSSR count). The average molecular weight is 292 g/mol. The van der Waals surface area contributed by atoms with Crippen molar-refractivity contribution in [2.75, 3.05) is 31.1 Å². The second-order valence-corrected chi connectivity index (χ2v) is 6.67.